The van der Waals surface area contributed by atoms with E-state index in [1.165, 1.54) is 106 Å². The second kappa shape index (κ2) is 16.2. The minimum atomic E-state index is -0.512. The summed E-state index contributed by atoms with van der Waals surface area (Å²) < 4.78 is 0. The van der Waals surface area contributed by atoms with Crippen molar-refractivity contribution in [2.75, 3.05) is 4.90 Å². The number of fused-ring (bicyclic) bond motifs is 12. The maximum absolute atomic E-state index is 2.57. The summed E-state index contributed by atoms with van der Waals surface area (Å²) in [7, 11) is 0. The topological polar surface area (TPSA) is 3.24 Å². The highest BCUT2D eigenvalue weighted by Crippen LogP contribution is 2.64. The van der Waals surface area contributed by atoms with Gasteiger partial charge in [-0.05, 0) is 162 Å². The van der Waals surface area contributed by atoms with E-state index in [9.17, 15) is 0 Å². The molecule has 0 heterocycles. The zero-order valence-electron chi connectivity index (χ0n) is 40.2. The quantitative estimate of drug-likeness (QED) is 0.154. The van der Waals surface area contributed by atoms with E-state index in [0.29, 0.717) is 5.92 Å². The van der Waals surface area contributed by atoms with Crippen LogP contribution in [0.3, 0.4) is 0 Å². The van der Waals surface area contributed by atoms with Crippen LogP contribution in [0.1, 0.15) is 78.0 Å². The van der Waals surface area contributed by atoms with Gasteiger partial charge in [-0.15, -0.1) is 0 Å². The molecule has 2 atom stereocenters. The van der Waals surface area contributed by atoms with Gasteiger partial charge in [-0.1, -0.05) is 214 Å². The summed E-state index contributed by atoms with van der Waals surface area (Å²) in [6, 6.07) is 78.4. The molecule has 0 fully saturated rings. The average Bonchev–Trinajstić information content (AvgIpc) is 3.99. The van der Waals surface area contributed by atoms with Gasteiger partial charge in [0.25, 0.3) is 0 Å². The molecule has 0 saturated carbocycles. The molecule has 14 rings (SSSR count). The maximum Gasteiger partial charge on any atom is 0.0723 e. The molecule has 1 nitrogen and oxygen atoms in total. The fourth-order valence-electron chi connectivity index (χ4n) is 13.2. The number of benzene rings is 9. The van der Waals surface area contributed by atoms with Crippen molar-refractivity contribution in [2.45, 2.75) is 49.9 Å². The molecule has 9 aromatic carbocycles. The third-order valence-electron chi connectivity index (χ3n) is 16.5. The standard InChI is InChI=1S/C70H53N/c1-69(2)62-30-16-12-29-58(62)61-44-53(36-39-63(61)69)71(68-33-19-15-26-55(68)48-24-10-5-11-25-48)54-35-38-60-59-37-34-49(52-41-50(46-20-6-3-7-21-46)40-51(42-52)47-22-8-4-9-23-47)43-66(59)70(67(60)45-54)64-31-17-13-27-56(64)57-28-14-18-32-65(57)70/h3-13,15-22,24-27,29-45,47H,14,23,28H2,1-2H3. The van der Waals surface area contributed by atoms with Gasteiger partial charge >= 0.3 is 0 Å². The Morgan fingerprint density at radius 3 is 1.83 bits per heavy atom. The van der Waals surface area contributed by atoms with Gasteiger partial charge in [-0.25, -0.2) is 0 Å². The first kappa shape index (κ1) is 41.7. The zero-order valence-corrected chi connectivity index (χ0v) is 40.2. The first-order valence-electron chi connectivity index (χ1n) is 25.5. The lowest BCUT2D eigenvalue weighted by Gasteiger charge is -2.34. The van der Waals surface area contributed by atoms with Crippen molar-refractivity contribution in [3.05, 3.63) is 287 Å². The van der Waals surface area contributed by atoms with E-state index in [1.54, 1.807) is 0 Å². The van der Waals surface area contributed by atoms with Crippen molar-refractivity contribution in [1.82, 2.24) is 0 Å². The Balaban J connectivity index is 1.01. The predicted octanol–water partition coefficient (Wildman–Crippen LogP) is 18.5. The summed E-state index contributed by atoms with van der Waals surface area (Å²) in [5.41, 5.74) is 28.0. The molecular formula is C70H53N. The van der Waals surface area contributed by atoms with Crippen molar-refractivity contribution >= 4 is 22.6 Å². The van der Waals surface area contributed by atoms with Crippen LogP contribution in [0.15, 0.2) is 248 Å². The normalized spacial score (nSPS) is 18.2. The lowest BCUT2D eigenvalue weighted by atomic mass is 9.68. The number of hydrogen-bond acceptors (Lipinski definition) is 1. The SMILES string of the molecule is CC1(C)c2ccccc2-c2cc(N(c3ccc4c(c3)C3(C5=C(CCC=C5)c5ccccc53)c3cc(-c5cc(-c6ccccc6)cc(C6C=CC=CC6)c5)ccc3-4)c3ccccc3-c3ccccc3)ccc21. The number of rotatable bonds is 7. The van der Waals surface area contributed by atoms with Crippen molar-refractivity contribution in [3.8, 4) is 55.6 Å². The van der Waals surface area contributed by atoms with Crippen molar-refractivity contribution in [2.24, 2.45) is 0 Å². The molecule has 71 heavy (non-hydrogen) atoms. The minimum Gasteiger partial charge on any atom is -0.310 e. The summed E-state index contributed by atoms with van der Waals surface area (Å²) >= 11 is 0. The van der Waals surface area contributed by atoms with Gasteiger partial charge in [0.1, 0.15) is 0 Å². The Labute approximate surface area is 418 Å². The number of nitrogens with zero attached hydrogens (tertiary/aromatic N) is 1. The summed E-state index contributed by atoms with van der Waals surface area (Å²) in [4.78, 5) is 2.54. The third kappa shape index (κ3) is 6.32. The Bertz CT molecular complexity index is 3770. The molecule has 2 unspecified atom stereocenters. The van der Waals surface area contributed by atoms with Crippen LogP contribution in [-0.4, -0.2) is 0 Å². The van der Waals surface area contributed by atoms with Gasteiger partial charge in [0.15, 0.2) is 0 Å². The Morgan fingerprint density at radius 1 is 0.423 bits per heavy atom. The first-order valence-corrected chi connectivity index (χ1v) is 25.5. The van der Waals surface area contributed by atoms with Crippen LogP contribution in [0.25, 0.3) is 61.2 Å². The van der Waals surface area contributed by atoms with Crippen molar-refractivity contribution in [3.63, 3.8) is 0 Å². The summed E-state index contributed by atoms with van der Waals surface area (Å²) in [5.74, 6) is 0.328. The van der Waals surface area contributed by atoms with E-state index in [1.807, 2.05) is 0 Å². The Morgan fingerprint density at radius 2 is 1.04 bits per heavy atom. The van der Waals surface area contributed by atoms with E-state index in [0.717, 1.165) is 36.3 Å². The van der Waals surface area contributed by atoms with E-state index in [4.69, 9.17) is 0 Å². The summed E-state index contributed by atoms with van der Waals surface area (Å²) in [5, 5.41) is 0. The molecule has 0 radical (unpaired) electrons. The van der Waals surface area contributed by atoms with Gasteiger partial charge in [0.2, 0.25) is 0 Å². The van der Waals surface area contributed by atoms with Gasteiger partial charge in [-0.2, -0.15) is 0 Å². The predicted molar refractivity (Wildman–Crippen MR) is 298 cm³/mol. The van der Waals surface area contributed by atoms with Crippen LogP contribution in [0.4, 0.5) is 17.1 Å². The van der Waals surface area contributed by atoms with Crippen molar-refractivity contribution < 1.29 is 0 Å². The Kier molecular flexibility index (Phi) is 9.49. The molecule has 0 saturated heterocycles. The van der Waals surface area contributed by atoms with E-state index < -0.39 is 5.41 Å². The maximum atomic E-state index is 2.57. The van der Waals surface area contributed by atoms with Crippen LogP contribution >= 0.6 is 0 Å². The monoisotopic (exact) mass is 907 g/mol. The van der Waals surface area contributed by atoms with Crippen LogP contribution in [-0.2, 0) is 10.8 Å². The van der Waals surface area contributed by atoms with Gasteiger partial charge < -0.3 is 4.90 Å². The van der Waals surface area contributed by atoms with E-state index in [2.05, 4.69) is 261 Å². The molecule has 5 aliphatic rings. The fraction of sp³-hybridized carbons (Fsp3) is 0.114. The summed E-state index contributed by atoms with van der Waals surface area (Å²) in [6.45, 7) is 4.74. The molecule has 1 spiro atoms. The van der Waals surface area contributed by atoms with Gasteiger partial charge in [-0.3, -0.25) is 0 Å². The van der Waals surface area contributed by atoms with Crippen LogP contribution < -0.4 is 4.90 Å². The molecule has 0 bridgehead atoms. The average molecular weight is 908 g/mol. The Hall–Kier alpha value is -8.26. The molecule has 1 heteroatoms. The number of para-hydroxylation sites is 1. The first-order chi connectivity index (χ1) is 35.0. The number of anilines is 3. The van der Waals surface area contributed by atoms with Crippen molar-refractivity contribution in [1.29, 1.82) is 0 Å². The fourth-order valence-corrected chi connectivity index (χ4v) is 13.2. The van der Waals surface area contributed by atoms with Gasteiger partial charge in [0, 0.05) is 28.3 Å². The zero-order chi connectivity index (χ0) is 47.3. The second-order valence-electron chi connectivity index (χ2n) is 20.6. The highest BCUT2D eigenvalue weighted by Gasteiger charge is 2.53. The number of hydrogen-bond donors (Lipinski definition) is 0. The molecule has 5 aliphatic carbocycles. The minimum absolute atomic E-state index is 0.0919. The van der Waals surface area contributed by atoms with E-state index in [-0.39, 0.29) is 5.41 Å². The summed E-state index contributed by atoms with van der Waals surface area (Å²) in [6.07, 6.45) is 17.0. The van der Waals surface area contributed by atoms with Crippen LogP contribution in [0.5, 0.6) is 0 Å². The largest absolute Gasteiger partial charge is 0.310 e. The lowest BCUT2D eigenvalue weighted by Crippen LogP contribution is -2.27. The van der Waals surface area contributed by atoms with E-state index >= 15 is 0 Å². The molecule has 0 aromatic heterocycles. The smallest absolute Gasteiger partial charge is 0.0723 e. The highest BCUT2D eigenvalue weighted by molar-refractivity contribution is 5.99. The van der Waals surface area contributed by atoms with Crippen LogP contribution in [0, 0.1) is 0 Å². The number of allylic oxidation sites excluding steroid dienone is 8. The molecule has 9 aromatic rings. The molecule has 0 aliphatic heterocycles. The lowest BCUT2D eigenvalue weighted by molar-refractivity contribution is 0.660. The molecule has 0 N–H and O–H groups in total. The molecule has 338 valence electrons. The van der Waals surface area contributed by atoms with Gasteiger partial charge in [0.05, 0.1) is 11.1 Å². The highest BCUT2D eigenvalue weighted by atomic mass is 15.1. The van der Waals surface area contributed by atoms with Crippen LogP contribution in [0.2, 0.25) is 0 Å². The third-order valence-corrected chi connectivity index (χ3v) is 16.5. The molecule has 0 amide bonds. The second-order valence-corrected chi connectivity index (χ2v) is 20.6. The molecular weight excluding hydrogens is 855 g/mol.